The van der Waals surface area contributed by atoms with Crippen LogP contribution in [0.5, 0.6) is 0 Å². The van der Waals surface area contributed by atoms with Crippen molar-refractivity contribution in [1.82, 2.24) is 9.80 Å². The van der Waals surface area contributed by atoms with Gasteiger partial charge in [0.05, 0.1) is 4.58 Å². The molecule has 2 aliphatic heterocycles. The minimum absolute atomic E-state index is 0.166. The molecule has 2 aromatic carbocycles. The molecule has 2 unspecified atom stereocenters. The van der Waals surface area contributed by atoms with Gasteiger partial charge in [-0.3, -0.25) is 9.69 Å². The molecule has 0 spiro atoms. The third-order valence-electron chi connectivity index (χ3n) is 6.43. The summed E-state index contributed by atoms with van der Waals surface area (Å²) in [5.74, 6) is 2.51. The van der Waals surface area contributed by atoms with Gasteiger partial charge >= 0.3 is 0 Å². The monoisotopic (exact) mass is 457 g/mol. The van der Waals surface area contributed by atoms with E-state index in [2.05, 4.69) is 46.7 Å². The molecule has 6 heteroatoms. The van der Waals surface area contributed by atoms with Crippen LogP contribution in [0, 0.1) is 0 Å². The van der Waals surface area contributed by atoms with Crippen LogP contribution in [0.3, 0.4) is 0 Å². The molecule has 3 atom stereocenters. The highest BCUT2D eigenvalue weighted by atomic mass is 32.2. The van der Waals surface area contributed by atoms with Gasteiger partial charge in [0, 0.05) is 49.6 Å². The van der Waals surface area contributed by atoms with E-state index in [4.69, 9.17) is 5.73 Å². The van der Waals surface area contributed by atoms with E-state index in [1.54, 1.807) is 0 Å². The first kappa shape index (κ1) is 23.0. The predicted octanol–water partition coefficient (Wildman–Crippen LogP) is 4.68. The van der Waals surface area contributed by atoms with Crippen LogP contribution in [-0.4, -0.2) is 70.1 Å². The standard InChI is InChI=1S/C25H35N3OS2/c1-2-3-9-21-17-28(14-13-27(21)16-20(26)18-31-24-12-15-30-24)25(29)23-11-6-8-19-7-4-5-10-22(19)23/h4-8,10-11,20-21,24H,2-3,9,12-18,26H2,1H3/t20-,21?,24?/m1/s1. The van der Waals surface area contributed by atoms with Crippen molar-refractivity contribution in [3.05, 3.63) is 48.0 Å². The maximum absolute atomic E-state index is 13.5. The van der Waals surface area contributed by atoms with Crippen molar-refractivity contribution in [1.29, 1.82) is 0 Å². The van der Waals surface area contributed by atoms with Gasteiger partial charge in [0.2, 0.25) is 0 Å². The Morgan fingerprint density at radius 2 is 2.03 bits per heavy atom. The second-order valence-corrected chi connectivity index (χ2v) is 11.6. The third kappa shape index (κ3) is 5.78. The molecule has 168 valence electrons. The summed E-state index contributed by atoms with van der Waals surface area (Å²) in [5.41, 5.74) is 7.34. The number of carbonyl (C=O) groups is 1. The number of amides is 1. The average Bonchev–Trinajstić information content (AvgIpc) is 2.76. The minimum atomic E-state index is 0.166. The van der Waals surface area contributed by atoms with Crippen molar-refractivity contribution in [2.75, 3.05) is 37.7 Å². The Morgan fingerprint density at radius 1 is 1.23 bits per heavy atom. The van der Waals surface area contributed by atoms with E-state index in [0.29, 0.717) is 6.04 Å². The molecule has 2 aromatic rings. The summed E-state index contributed by atoms with van der Waals surface area (Å²) in [6.45, 7) is 5.69. The van der Waals surface area contributed by atoms with Gasteiger partial charge in [-0.25, -0.2) is 0 Å². The molecule has 2 fully saturated rings. The molecular weight excluding hydrogens is 422 g/mol. The molecule has 31 heavy (non-hydrogen) atoms. The molecule has 2 heterocycles. The highest BCUT2D eigenvalue weighted by molar-refractivity contribution is 8.18. The summed E-state index contributed by atoms with van der Waals surface area (Å²) >= 11 is 4.09. The highest BCUT2D eigenvalue weighted by Crippen LogP contribution is 2.37. The third-order valence-corrected chi connectivity index (χ3v) is 9.55. The first-order valence-corrected chi connectivity index (χ1v) is 13.8. The van der Waals surface area contributed by atoms with Gasteiger partial charge in [0.15, 0.2) is 0 Å². The summed E-state index contributed by atoms with van der Waals surface area (Å²) in [6.07, 6.45) is 4.84. The molecule has 2 saturated heterocycles. The number of hydrogen-bond acceptors (Lipinski definition) is 5. The van der Waals surface area contributed by atoms with E-state index in [1.165, 1.54) is 25.0 Å². The number of unbranched alkanes of at least 4 members (excludes halogenated alkanes) is 1. The van der Waals surface area contributed by atoms with Crippen LogP contribution in [0.4, 0.5) is 0 Å². The van der Waals surface area contributed by atoms with Gasteiger partial charge in [-0.1, -0.05) is 56.2 Å². The highest BCUT2D eigenvalue weighted by Gasteiger charge is 2.31. The first-order chi connectivity index (χ1) is 15.2. The number of hydrogen-bond donors (Lipinski definition) is 1. The molecular formula is C25H35N3OS2. The Kier molecular flexibility index (Phi) is 8.21. The fourth-order valence-corrected chi connectivity index (χ4v) is 6.90. The van der Waals surface area contributed by atoms with Crippen molar-refractivity contribution >= 4 is 40.2 Å². The first-order valence-electron chi connectivity index (χ1n) is 11.7. The van der Waals surface area contributed by atoms with E-state index >= 15 is 0 Å². The van der Waals surface area contributed by atoms with E-state index < -0.39 is 0 Å². The zero-order valence-corrected chi connectivity index (χ0v) is 20.2. The molecule has 0 radical (unpaired) electrons. The van der Waals surface area contributed by atoms with E-state index in [-0.39, 0.29) is 11.9 Å². The molecule has 1 amide bonds. The van der Waals surface area contributed by atoms with Crippen LogP contribution in [0.1, 0.15) is 43.0 Å². The lowest BCUT2D eigenvalue weighted by atomic mass is 10.0. The van der Waals surface area contributed by atoms with Crippen LogP contribution in [0.25, 0.3) is 10.8 Å². The average molecular weight is 458 g/mol. The van der Waals surface area contributed by atoms with Gasteiger partial charge in [0.25, 0.3) is 5.91 Å². The van der Waals surface area contributed by atoms with E-state index in [9.17, 15) is 4.79 Å². The van der Waals surface area contributed by atoms with E-state index in [1.807, 2.05) is 36.0 Å². The smallest absolute Gasteiger partial charge is 0.254 e. The number of nitrogens with zero attached hydrogens (tertiary/aromatic N) is 2. The van der Waals surface area contributed by atoms with Crippen molar-refractivity contribution in [2.24, 2.45) is 5.73 Å². The number of benzene rings is 2. The second kappa shape index (κ2) is 11.1. The van der Waals surface area contributed by atoms with Crippen molar-refractivity contribution in [3.63, 3.8) is 0 Å². The largest absolute Gasteiger partial charge is 0.336 e. The fourth-order valence-electron chi connectivity index (χ4n) is 4.54. The summed E-state index contributed by atoms with van der Waals surface area (Å²) in [4.78, 5) is 18.1. The molecule has 0 saturated carbocycles. The van der Waals surface area contributed by atoms with Gasteiger partial charge in [-0.2, -0.15) is 0 Å². The minimum Gasteiger partial charge on any atom is -0.336 e. The van der Waals surface area contributed by atoms with Gasteiger partial charge in [-0.15, -0.1) is 23.5 Å². The summed E-state index contributed by atoms with van der Waals surface area (Å²) in [7, 11) is 0. The quantitative estimate of drug-likeness (QED) is 0.592. The zero-order chi connectivity index (χ0) is 21.6. The number of nitrogens with two attached hydrogens (primary N) is 1. The predicted molar refractivity (Wildman–Crippen MR) is 136 cm³/mol. The van der Waals surface area contributed by atoms with Crippen molar-refractivity contribution < 1.29 is 4.79 Å². The van der Waals surface area contributed by atoms with Crippen LogP contribution in [0.2, 0.25) is 0 Å². The molecule has 2 aliphatic rings. The Morgan fingerprint density at radius 3 is 2.81 bits per heavy atom. The summed E-state index contributed by atoms with van der Waals surface area (Å²) < 4.78 is 0.761. The Labute approximate surface area is 195 Å². The lowest BCUT2D eigenvalue weighted by Gasteiger charge is -2.42. The number of rotatable bonds is 9. The van der Waals surface area contributed by atoms with Crippen LogP contribution < -0.4 is 5.73 Å². The maximum Gasteiger partial charge on any atom is 0.254 e. The summed E-state index contributed by atoms with van der Waals surface area (Å²) in [6, 6.07) is 14.8. The van der Waals surface area contributed by atoms with Gasteiger partial charge in [-0.05, 0) is 35.4 Å². The normalized spacial score (nSPS) is 23.0. The Hall–Kier alpha value is -1.21. The lowest BCUT2D eigenvalue weighted by molar-refractivity contribution is 0.0450. The van der Waals surface area contributed by atoms with Gasteiger partial charge < -0.3 is 10.6 Å². The van der Waals surface area contributed by atoms with E-state index in [0.717, 1.165) is 59.3 Å². The second-order valence-electron chi connectivity index (χ2n) is 8.75. The van der Waals surface area contributed by atoms with Crippen LogP contribution in [0.15, 0.2) is 42.5 Å². The number of carbonyl (C=O) groups excluding carboxylic acids is 1. The SMILES string of the molecule is CCCCC1CN(C(=O)c2cccc3ccccc23)CCN1C[C@@H](N)CSC1CCS1. The van der Waals surface area contributed by atoms with Crippen molar-refractivity contribution in [3.8, 4) is 0 Å². The molecule has 0 aromatic heterocycles. The number of fused-ring (bicyclic) bond motifs is 1. The maximum atomic E-state index is 13.5. The molecule has 4 nitrogen and oxygen atoms in total. The fraction of sp³-hybridized carbons (Fsp3) is 0.560. The lowest BCUT2D eigenvalue weighted by Crippen LogP contribution is -2.57. The van der Waals surface area contributed by atoms with Crippen LogP contribution >= 0.6 is 23.5 Å². The molecule has 4 rings (SSSR count). The summed E-state index contributed by atoms with van der Waals surface area (Å²) in [5, 5.41) is 2.18. The zero-order valence-electron chi connectivity index (χ0n) is 18.5. The topological polar surface area (TPSA) is 49.6 Å². The van der Waals surface area contributed by atoms with Crippen LogP contribution in [-0.2, 0) is 0 Å². The van der Waals surface area contributed by atoms with Crippen molar-refractivity contribution in [2.45, 2.75) is 49.3 Å². The molecule has 2 N–H and O–H groups in total. The molecule has 0 bridgehead atoms. The Bertz CT molecular complexity index is 867. The number of piperazine rings is 1. The van der Waals surface area contributed by atoms with Gasteiger partial charge in [0.1, 0.15) is 0 Å². The number of thioether (sulfide) groups is 2. The molecule has 0 aliphatic carbocycles. The Balaban J connectivity index is 1.40.